The summed E-state index contributed by atoms with van der Waals surface area (Å²) in [5.41, 5.74) is 3.60. The Hall–Kier alpha value is -4.51. The van der Waals surface area contributed by atoms with Gasteiger partial charge in [-0.25, -0.2) is 14.4 Å². The van der Waals surface area contributed by atoms with Crippen LogP contribution in [0.15, 0.2) is 78.9 Å². The zero-order chi connectivity index (χ0) is 25.8. The van der Waals surface area contributed by atoms with Crippen LogP contribution in [-0.4, -0.2) is 42.1 Å². The monoisotopic (exact) mass is 494 g/mol. The molecule has 0 saturated carbocycles. The number of hydrogen-bond donors (Lipinski definition) is 1. The van der Waals surface area contributed by atoms with E-state index >= 15 is 0 Å². The summed E-state index contributed by atoms with van der Waals surface area (Å²) in [5, 5.41) is 13.1. The maximum atomic E-state index is 13.4. The van der Waals surface area contributed by atoms with Gasteiger partial charge in [-0.05, 0) is 48.9 Å². The predicted molar refractivity (Wildman–Crippen MR) is 142 cm³/mol. The maximum Gasteiger partial charge on any atom is 0.244 e. The van der Waals surface area contributed by atoms with Crippen LogP contribution in [0.5, 0.6) is 0 Å². The molecule has 2 atom stereocenters. The molecule has 0 spiro atoms. The number of anilines is 2. The van der Waals surface area contributed by atoms with Crippen molar-refractivity contribution in [3.8, 4) is 6.07 Å². The van der Waals surface area contributed by atoms with Crippen molar-refractivity contribution in [1.82, 2.24) is 15.3 Å². The Kier molecular flexibility index (Phi) is 6.95. The van der Waals surface area contributed by atoms with Crippen LogP contribution in [-0.2, 0) is 4.79 Å². The molecule has 4 aromatic rings. The molecule has 1 saturated heterocycles. The lowest BCUT2D eigenvalue weighted by molar-refractivity contribution is -0.122. The number of piperazine rings is 1. The fourth-order valence-electron chi connectivity index (χ4n) is 4.62. The molecule has 8 heteroatoms. The third-order valence-corrected chi connectivity index (χ3v) is 6.67. The standard InChI is InChI=1S/C29H27FN6O/c1-20(21-7-3-2-4-8-21)32-29(37)24(19-31)27-28(34-26-10-6-5-9-25(26)33-27)36-17-15-35(16-18-36)23-13-11-22(30)12-14-23/h2-14,20,24H,15-18H2,1H3,(H,32,37)/t20-,24-/m0/s1. The van der Waals surface area contributed by atoms with Crippen molar-refractivity contribution in [2.75, 3.05) is 36.0 Å². The molecule has 0 bridgehead atoms. The molecule has 1 aliphatic rings. The smallest absolute Gasteiger partial charge is 0.244 e. The second-order valence-electron chi connectivity index (χ2n) is 9.07. The molecule has 2 heterocycles. The predicted octanol–water partition coefficient (Wildman–Crippen LogP) is 4.58. The Labute approximate surface area is 215 Å². The molecular formula is C29H27FN6O. The average molecular weight is 495 g/mol. The van der Waals surface area contributed by atoms with Gasteiger partial charge in [-0.1, -0.05) is 42.5 Å². The van der Waals surface area contributed by atoms with E-state index in [9.17, 15) is 14.4 Å². The molecule has 1 aromatic heterocycles. The van der Waals surface area contributed by atoms with Crippen molar-refractivity contribution in [2.45, 2.75) is 18.9 Å². The zero-order valence-electron chi connectivity index (χ0n) is 20.5. The Morgan fingerprint density at radius 1 is 0.892 bits per heavy atom. The fraction of sp³-hybridized carbons (Fsp3) is 0.241. The van der Waals surface area contributed by atoms with Gasteiger partial charge in [0.2, 0.25) is 5.91 Å². The first-order valence-corrected chi connectivity index (χ1v) is 12.3. The molecule has 1 amide bonds. The lowest BCUT2D eigenvalue weighted by atomic mass is 10.0. The number of fused-ring (bicyclic) bond motifs is 1. The first kappa shape index (κ1) is 24.2. The van der Waals surface area contributed by atoms with Gasteiger partial charge < -0.3 is 15.1 Å². The summed E-state index contributed by atoms with van der Waals surface area (Å²) in [5.74, 6) is -1.24. The summed E-state index contributed by atoms with van der Waals surface area (Å²) in [6.07, 6.45) is 0. The highest BCUT2D eigenvalue weighted by atomic mass is 19.1. The van der Waals surface area contributed by atoms with Crippen LogP contribution < -0.4 is 15.1 Å². The van der Waals surface area contributed by atoms with E-state index in [0.717, 1.165) is 11.3 Å². The van der Waals surface area contributed by atoms with Crippen molar-refractivity contribution in [2.24, 2.45) is 0 Å². The van der Waals surface area contributed by atoms with Gasteiger partial charge in [-0.15, -0.1) is 0 Å². The molecule has 186 valence electrons. The highest BCUT2D eigenvalue weighted by molar-refractivity contribution is 5.89. The van der Waals surface area contributed by atoms with Gasteiger partial charge in [0.1, 0.15) is 11.5 Å². The Morgan fingerprint density at radius 2 is 1.49 bits per heavy atom. The average Bonchev–Trinajstić information content (AvgIpc) is 2.94. The Bertz CT molecular complexity index is 1430. The van der Waals surface area contributed by atoms with E-state index in [1.807, 2.05) is 61.5 Å². The van der Waals surface area contributed by atoms with Crippen molar-refractivity contribution in [3.63, 3.8) is 0 Å². The minimum atomic E-state index is -1.12. The molecular weight excluding hydrogens is 467 g/mol. The number of nitrogens with one attached hydrogen (secondary N) is 1. The molecule has 1 N–H and O–H groups in total. The lowest BCUT2D eigenvalue weighted by Crippen LogP contribution is -2.47. The second-order valence-corrected chi connectivity index (χ2v) is 9.07. The van der Waals surface area contributed by atoms with Gasteiger partial charge in [0, 0.05) is 31.9 Å². The number of benzene rings is 3. The third kappa shape index (κ3) is 5.21. The van der Waals surface area contributed by atoms with E-state index in [-0.39, 0.29) is 11.9 Å². The molecule has 1 aliphatic heterocycles. The van der Waals surface area contributed by atoms with Crippen LogP contribution in [0.25, 0.3) is 11.0 Å². The molecule has 5 rings (SSSR count). The summed E-state index contributed by atoms with van der Waals surface area (Å²) in [7, 11) is 0. The van der Waals surface area contributed by atoms with Gasteiger partial charge in [-0.3, -0.25) is 4.79 Å². The van der Waals surface area contributed by atoms with E-state index in [0.29, 0.717) is 48.7 Å². The number of halogens is 1. The number of nitriles is 1. The largest absolute Gasteiger partial charge is 0.368 e. The third-order valence-electron chi connectivity index (χ3n) is 6.67. The molecule has 7 nitrogen and oxygen atoms in total. The van der Waals surface area contributed by atoms with E-state index in [1.165, 1.54) is 12.1 Å². The van der Waals surface area contributed by atoms with Gasteiger partial charge in [0.25, 0.3) is 0 Å². The van der Waals surface area contributed by atoms with Crippen molar-refractivity contribution in [3.05, 3.63) is 95.9 Å². The highest BCUT2D eigenvalue weighted by Crippen LogP contribution is 2.29. The number of carbonyl (C=O) groups excluding carboxylic acids is 1. The number of carbonyl (C=O) groups is 1. The van der Waals surface area contributed by atoms with E-state index < -0.39 is 11.8 Å². The SMILES string of the molecule is C[C@H](NC(=O)[C@@H](C#N)c1nc2ccccc2nc1N1CCN(c2ccc(F)cc2)CC1)c1ccccc1. The van der Waals surface area contributed by atoms with Crippen molar-refractivity contribution in [1.29, 1.82) is 5.26 Å². The van der Waals surface area contributed by atoms with Gasteiger partial charge >= 0.3 is 0 Å². The fourth-order valence-corrected chi connectivity index (χ4v) is 4.62. The van der Waals surface area contributed by atoms with Gasteiger partial charge in [-0.2, -0.15) is 5.26 Å². The summed E-state index contributed by atoms with van der Waals surface area (Å²) in [6.45, 7) is 4.51. The van der Waals surface area contributed by atoms with Crippen molar-refractivity contribution >= 4 is 28.4 Å². The summed E-state index contributed by atoms with van der Waals surface area (Å²) in [4.78, 5) is 27.2. The molecule has 0 unspecified atom stereocenters. The first-order chi connectivity index (χ1) is 18.0. The summed E-state index contributed by atoms with van der Waals surface area (Å²) in [6, 6.07) is 25.5. The number of amides is 1. The minimum Gasteiger partial charge on any atom is -0.368 e. The molecule has 37 heavy (non-hydrogen) atoms. The van der Waals surface area contributed by atoms with E-state index in [1.54, 1.807) is 12.1 Å². The summed E-state index contributed by atoms with van der Waals surface area (Å²) >= 11 is 0. The summed E-state index contributed by atoms with van der Waals surface area (Å²) < 4.78 is 13.4. The number of hydrogen-bond acceptors (Lipinski definition) is 6. The maximum absolute atomic E-state index is 13.4. The number of rotatable bonds is 6. The topological polar surface area (TPSA) is 85.1 Å². The molecule has 0 aliphatic carbocycles. The second kappa shape index (κ2) is 10.6. The molecule has 0 radical (unpaired) electrons. The zero-order valence-corrected chi connectivity index (χ0v) is 20.5. The van der Waals surface area contributed by atoms with Crippen LogP contribution >= 0.6 is 0 Å². The van der Waals surface area contributed by atoms with Gasteiger partial charge in [0.05, 0.1) is 23.1 Å². The highest BCUT2D eigenvalue weighted by Gasteiger charge is 2.31. The quantitative estimate of drug-likeness (QED) is 0.422. The normalized spacial score (nSPS) is 15.2. The number of aromatic nitrogens is 2. The van der Waals surface area contributed by atoms with Crippen LogP contribution in [0, 0.1) is 17.1 Å². The number of nitrogens with zero attached hydrogens (tertiary/aromatic N) is 5. The molecule has 1 fully saturated rings. The van der Waals surface area contributed by atoms with Crippen molar-refractivity contribution < 1.29 is 9.18 Å². The Balaban J connectivity index is 1.42. The number of para-hydroxylation sites is 2. The molecule has 3 aromatic carbocycles. The first-order valence-electron chi connectivity index (χ1n) is 12.3. The van der Waals surface area contributed by atoms with Crippen LogP contribution in [0.4, 0.5) is 15.9 Å². The van der Waals surface area contributed by atoms with E-state index in [4.69, 9.17) is 9.97 Å². The van der Waals surface area contributed by atoms with E-state index in [2.05, 4.69) is 21.2 Å². The lowest BCUT2D eigenvalue weighted by Gasteiger charge is -2.37. The van der Waals surface area contributed by atoms with Crippen LogP contribution in [0.3, 0.4) is 0 Å². The van der Waals surface area contributed by atoms with Crippen LogP contribution in [0.1, 0.15) is 30.1 Å². The Morgan fingerprint density at radius 3 is 2.14 bits per heavy atom. The minimum absolute atomic E-state index is 0.263. The van der Waals surface area contributed by atoms with Crippen LogP contribution in [0.2, 0.25) is 0 Å². The van der Waals surface area contributed by atoms with Gasteiger partial charge in [0.15, 0.2) is 11.7 Å².